The van der Waals surface area contributed by atoms with E-state index < -0.39 is 0 Å². The molecule has 4 heteroatoms. The van der Waals surface area contributed by atoms with Crippen LogP contribution in [0.15, 0.2) is 22.7 Å². The summed E-state index contributed by atoms with van der Waals surface area (Å²) in [7, 11) is 1.65. The summed E-state index contributed by atoms with van der Waals surface area (Å²) < 4.78 is 6.26. The quantitative estimate of drug-likeness (QED) is 0.848. The van der Waals surface area contributed by atoms with Gasteiger partial charge < -0.3 is 15.6 Å². The zero-order valence-corrected chi connectivity index (χ0v) is 12.8. The Kier molecular flexibility index (Phi) is 5.63. The van der Waals surface area contributed by atoms with Crippen LogP contribution in [0.3, 0.4) is 0 Å². The van der Waals surface area contributed by atoms with E-state index in [1.54, 1.807) is 7.11 Å². The molecule has 0 heterocycles. The molecule has 0 aromatic heterocycles. The van der Waals surface area contributed by atoms with Crippen molar-refractivity contribution in [1.82, 2.24) is 0 Å². The van der Waals surface area contributed by atoms with E-state index in [1.807, 2.05) is 18.2 Å². The summed E-state index contributed by atoms with van der Waals surface area (Å²) in [5.41, 5.74) is 6.71. The fraction of sp³-hybridized carbons (Fsp3) is 0.571. The standard InChI is InChI=1S/C14H22BrNO2/c1-10(2)14(8-16,9-17)7-11-6-12(18-3)4-5-13(11)15/h4-6,10,17H,7-9,16H2,1-3H3. The van der Waals surface area contributed by atoms with Gasteiger partial charge in [-0.05, 0) is 36.1 Å². The molecule has 102 valence electrons. The molecule has 0 bridgehead atoms. The van der Waals surface area contributed by atoms with Gasteiger partial charge >= 0.3 is 0 Å². The van der Waals surface area contributed by atoms with Gasteiger partial charge in [-0.1, -0.05) is 29.8 Å². The Hall–Kier alpha value is -0.580. The highest BCUT2D eigenvalue weighted by Crippen LogP contribution is 2.34. The van der Waals surface area contributed by atoms with E-state index in [0.29, 0.717) is 12.5 Å². The van der Waals surface area contributed by atoms with E-state index in [4.69, 9.17) is 10.5 Å². The predicted molar refractivity (Wildman–Crippen MR) is 77.8 cm³/mol. The number of methoxy groups -OCH3 is 1. The number of rotatable bonds is 6. The molecule has 0 spiro atoms. The van der Waals surface area contributed by atoms with E-state index in [0.717, 1.165) is 22.2 Å². The number of benzene rings is 1. The molecule has 0 fully saturated rings. The summed E-state index contributed by atoms with van der Waals surface area (Å²) in [6.45, 7) is 4.74. The molecule has 1 rings (SSSR count). The van der Waals surface area contributed by atoms with Crippen LogP contribution in [0.5, 0.6) is 5.75 Å². The number of nitrogens with two attached hydrogens (primary N) is 1. The van der Waals surface area contributed by atoms with Crippen LogP contribution in [-0.4, -0.2) is 25.4 Å². The second-order valence-electron chi connectivity index (χ2n) is 5.01. The fourth-order valence-corrected chi connectivity index (χ4v) is 2.39. The van der Waals surface area contributed by atoms with Crippen LogP contribution in [0.4, 0.5) is 0 Å². The highest BCUT2D eigenvalue weighted by molar-refractivity contribution is 9.10. The normalized spacial score (nSPS) is 14.6. The third-order valence-electron chi connectivity index (χ3n) is 3.74. The molecule has 0 aliphatic rings. The van der Waals surface area contributed by atoms with Gasteiger partial charge in [-0.15, -0.1) is 0 Å². The minimum atomic E-state index is -0.283. The van der Waals surface area contributed by atoms with Crippen molar-refractivity contribution in [3.05, 3.63) is 28.2 Å². The number of ether oxygens (including phenoxy) is 1. The Balaban J connectivity index is 3.07. The summed E-state index contributed by atoms with van der Waals surface area (Å²) in [4.78, 5) is 0. The molecule has 0 amide bonds. The van der Waals surface area contributed by atoms with Crippen LogP contribution in [0.1, 0.15) is 19.4 Å². The number of aliphatic hydroxyl groups is 1. The molecule has 3 N–H and O–H groups in total. The molecule has 0 radical (unpaired) electrons. The van der Waals surface area contributed by atoms with Crippen molar-refractivity contribution >= 4 is 15.9 Å². The van der Waals surface area contributed by atoms with Gasteiger partial charge in [0.05, 0.1) is 13.7 Å². The molecule has 1 aromatic rings. The molecule has 1 atom stereocenters. The number of hydrogen-bond donors (Lipinski definition) is 2. The van der Waals surface area contributed by atoms with E-state index in [1.165, 1.54) is 0 Å². The van der Waals surface area contributed by atoms with Gasteiger partial charge in [-0.25, -0.2) is 0 Å². The first-order valence-electron chi connectivity index (χ1n) is 6.12. The summed E-state index contributed by atoms with van der Waals surface area (Å²) >= 11 is 3.54. The van der Waals surface area contributed by atoms with Crippen molar-refractivity contribution in [2.45, 2.75) is 20.3 Å². The van der Waals surface area contributed by atoms with Crippen LogP contribution in [0.25, 0.3) is 0 Å². The number of hydrogen-bond acceptors (Lipinski definition) is 3. The molecule has 0 aliphatic heterocycles. The molecule has 18 heavy (non-hydrogen) atoms. The summed E-state index contributed by atoms with van der Waals surface area (Å²) in [6.07, 6.45) is 0.732. The lowest BCUT2D eigenvalue weighted by Crippen LogP contribution is -2.41. The molecule has 1 aromatic carbocycles. The maximum absolute atomic E-state index is 9.70. The fourth-order valence-electron chi connectivity index (χ4n) is 2.01. The average molecular weight is 316 g/mol. The maximum atomic E-state index is 9.70. The van der Waals surface area contributed by atoms with E-state index in [9.17, 15) is 5.11 Å². The van der Waals surface area contributed by atoms with Crippen molar-refractivity contribution in [2.24, 2.45) is 17.1 Å². The Morgan fingerprint density at radius 1 is 1.44 bits per heavy atom. The lowest BCUT2D eigenvalue weighted by atomic mass is 9.73. The molecule has 0 saturated heterocycles. The van der Waals surface area contributed by atoms with Gasteiger partial charge in [-0.2, -0.15) is 0 Å². The lowest BCUT2D eigenvalue weighted by molar-refractivity contribution is 0.0840. The molecule has 3 nitrogen and oxygen atoms in total. The van der Waals surface area contributed by atoms with Crippen molar-refractivity contribution in [3.63, 3.8) is 0 Å². The smallest absolute Gasteiger partial charge is 0.119 e. The van der Waals surface area contributed by atoms with Gasteiger partial charge in [-0.3, -0.25) is 0 Å². The van der Waals surface area contributed by atoms with Crippen molar-refractivity contribution in [3.8, 4) is 5.75 Å². The Morgan fingerprint density at radius 3 is 2.56 bits per heavy atom. The minimum absolute atomic E-state index is 0.0881. The minimum Gasteiger partial charge on any atom is -0.497 e. The van der Waals surface area contributed by atoms with Gasteiger partial charge in [0.15, 0.2) is 0 Å². The summed E-state index contributed by atoms with van der Waals surface area (Å²) in [6, 6.07) is 5.87. The molecule has 1 unspecified atom stereocenters. The van der Waals surface area contributed by atoms with Crippen LogP contribution in [0, 0.1) is 11.3 Å². The first kappa shape index (κ1) is 15.5. The van der Waals surface area contributed by atoms with Crippen molar-refractivity contribution in [1.29, 1.82) is 0 Å². The SMILES string of the molecule is COc1ccc(Br)c(CC(CN)(CO)C(C)C)c1. The van der Waals surface area contributed by atoms with Crippen LogP contribution in [0.2, 0.25) is 0 Å². The molecular formula is C14H22BrNO2. The van der Waals surface area contributed by atoms with Crippen molar-refractivity contribution in [2.75, 3.05) is 20.3 Å². The lowest BCUT2D eigenvalue weighted by Gasteiger charge is -2.35. The second-order valence-corrected chi connectivity index (χ2v) is 5.87. The third kappa shape index (κ3) is 3.25. The molecular weight excluding hydrogens is 294 g/mol. The van der Waals surface area contributed by atoms with Gasteiger partial charge in [0.2, 0.25) is 0 Å². The topological polar surface area (TPSA) is 55.5 Å². The zero-order valence-electron chi connectivity index (χ0n) is 11.2. The average Bonchev–Trinajstić information content (AvgIpc) is 2.37. The second kappa shape index (κ2) is 6.55. The van der Waals surface area contributed by atoms with E-state index >= 15 is 0 Å². The van der Waals surface area contributed by atoms with Gasteiger partial charge in [0.25, 0.3) is 0 Å². The first-order chi connectivity index (χ1) is 8.49. The molecule has 0 saturated carbocycles. The van der Waals surface area contributed by atoms with Gasteiger partial charge in [0, 0.05) is 16.4 Å². The monoisotopic (exact) mass is 315 g/mol. The maximum Gasteiger partial charge on any atom is 0.119 e. The van der Waals surface area contributed by atoms with Crippen molar-refractivity contribution < 1.29 is 9.84 Å². The van der Waals surface area contributed by atoms with Crippen LogP contribution < -0.4 is 10.5 Å². The zero-order chi connectivity index (χ0) is 13.8. The largest absolute Gasteiger partial charge is 0.497 e. The summed E-state index contributed by atoms with van der Waals surface area (Å²) in [5.74, 6) is 1.13. The van der Waals surface area contributed by atoms with E-state index in [-0.39, 0.29) is 12.0 Å². The highest BCUT2D eigenvalue weighted by Gasteiger charge is 2.32. The molecule has 0 aliphatic carbocycles. The summed E-state index contributed by atoms with van der Waals surface area (Å²) in [5, 5.41) is 9.70. The Bertz CT molecular complexity index is 389. The van der Waals surface area contributed by atoms with E-state index in [2.05, 4.69) is 29.8 Å². The van der Waals surface area contributed by atoms with Crippen LogP contribution in [-0.2, 0) is 6.42 Å². The number of aliphatic hydroxyl groups excluding tert-OH is 1. The third-order valence-corrected chi connectivity index (χ3v) is 4.52. The Labute approximate surface area is 117 Å². The first-order valence-corrected chi connectivity index (χ1v) is 6.91. The Morgan fingerprint density at radius 2 is 2.11 bits per heavy atom. The van der Waals surface area contributed by atoms with Crippen LogP contribution >= 0.6 is 15.9 Å². The number of halogens is 1. The van der Waals surface area contributed by atoms with Gasteiger partial charge in [0.1, 0.15) is 5.75 Å². The highest BCUT2D eigenvalue weighted by atomic mass is 79.9. The predicted octanol–water partition coefficient (Wildman–Crippen LogP) is 2.59.